The highest BCUT2D eigenvalue weighted by atomic mass is 32.2. The van der Waals surface area contributed by atoms with Gasteiger partial charge in [-0.1, -0.05) is 48.5 Å². The highest BCUT2D eigenvalue weighted by molar-refractivity contribution is 7.91. The zero-order valence-corrected chi connectivity index (χ0v) is 27.9. The van der Waals surface area contributed by atoms with Crippen LogP contribution < -0.4 is 15.6 Å². The maximum absolute atomic E-state index is 15.8. The first-order valence-corrected chi connectivity index (χ1v) is 17.0. The number of aromatic nitrogens is 1. The number of ether oxygens (including phenoxy) is 2. The molecule has 4 aromatic rings. The van der Waals surface area contributed by atoms with Gasteiger partial charge >= 0.3 is 12.1 Å². The Hall–Kier alpha value is -4.20. The van der Waals surface area contributed by atoms with E-state index in [4.69, 9.17) is 9.47 Å². The van der Waals surface area contributed by atoms with Gasteiger partial charge in [-0.2, -0.15) is 13.2 Å². The molecule has 0 saturated heterocycles. The number of pyridine rings is 1. The normalized spacial score (nSPS) is 16.3. The fourth-order valence-corrected chi connectivity index (χ4v) is 8.11. The Morgan fingerprint density at radius 3 is 2.45 bits per heavy atom. The largest absolute Gasteiger partial charge is 0.610 e. The number of nitrogens with zero attached hydrogens (tertiary/aromatic N) is 1. The van der Waals surface area contributed by atoms with Crippen molar-refractivity contribution in [2.24, 2.45) is 0 Å². The third-order valence-electron chi connectivity index (χ3n) is 8.61. The molecule has 5 rings (SSSR count). The maximum Gasteiger partial charge on any atom is 0.416 e. The third kappa shape index (κ3) is 7.38. The average Bonchev–Trinajstić information content (AvgIpc) is 3.41. The van der Waals surface area contributed by atoms with Crippen LogP contribution in [0.15, 0.2) is 76.6 Å². The molecule has 1 aromatic heterocycles. The van der Waals surface area contributed by atoms with E-state index in [9.17, 15) is 27.3 Å². The molecule has 3 atom stereocenters. The van der Waals surface area contributed by atoms with Gasteiger partial charge in [0, 0.05) is 40.7 Å². The molecule has 260 valence electrons. The van der Waals surface area contributed by atoms with Crippen LogP contribution in [-0.4, -0.2) is 41.1 Å². The summed E-state index contributed by atoms with van der Waals surface area (Å²) in [6.45, 7) is 3.68. The predicted molar refractivity (Wildman–Crippen MR) is 175 cm³/mol. The summed E-state index contributed by atoms with van der Waals surface area (Å²) in [5.74, 6) is -2.65. The summed E-state index contributed by atoms with van der Waals surface area (Å²) < 4.78 is 99.0. The zero-order valence-electron chi connectivity index (χ0n) is 27.0. The van der Waals surface area contributed by atoms with E-state index in [0.717, 1.165) is 18.2 Å². The maximum atomic E-state index is 15.8. The van der Waals surface area contributed by atoms with Gasteiger partial charge in [0.15, 0.2) is 11.6 Å². The van der Waals surface area contributed by atoms with Crippen LogP contribution in [0.1, 0.15) is 59.7 Å². The van der Waals surface area contributed by atoms with Gasteiger partial charge in [-0.15, -0.1) is 0 Å². The van der Waals surface area contributed by atoms with Crippen molar-refractivity contribution in [3.8, 4) is 16.9 Å². The number of methoxy groups -OCH3 is 1. The fourth-order valence-electron chi connectivity index (χ4n) is 6.36. The van der Waals surface area contributed by atoms with Crippen LogP contribution in [0.25, 0.3) is 11.1 Å². The van der Waals surface area contributed by atoms with E-state index < -0.39 is 64.2 Å². The van der Waals surface area contributed by atoms with Crippen molar-refractivity contribution in [1.82, 2.24) is 9.88 Å². The summed E-state index contributed by atoms with van der Waals surface area (Å²) in [4.78, 5) is 26.6. The number of hydrogen-bond donors (Lipinski definition) is 1. The lowest BCUT2D eigenvalue weighted by atomic mass is 9.91. The van der Waals surface area contributed by atoms with Gasteiger partial charge in [-0.3, -0.25) is 14.2 Å². The van der Waals surface area contributed by atoms with Gasteiger partial charge < -0.3 is 19.3 Å². The number of esters is 1. The van der Waals surface area contributed by atoms with Crippen LogP contribution in [-0.2, 0) is 33.3 Å². The molecule has 0 fully saturated rings. The smallest absolute Gasteiger partial charge is 0.416 e. The van der Waals surface area contributed by atoms with Gasteiger partial charge in [-0.05, 0) is 56.1 Å². The lowest BCUT2D eigenvalue weighted by Gasteiger charge is -2.26. The molecule has 7 nitrogen and oxygen atoms in total. The monoisotopic (exact) mass is 702 g/mol. The number of hydrogen-bond acceptors (Lipinski definition) is 6. The highest BCUT2D eigenvalue weighted by Crippen LogP contribution is 2.43. The van der Waals surface area contributed by atoms with Gasteiger partial charge in [0.25, 0.3) is 5.56 Å². The van der Waals surface area contributed by atoms with Gasteiger partial charge in [0.05, 0.1) is 30.9 Å². The van der Waals surface area contributed by atoms with E-state index >= 15 is 8.78 Å². The molecule has 1 aliphatic rings. The summed E-state index contributed by atoms with van der Waals surface area (Å²) in [5.41, 5.74) is -2.13. The van der Waals surface area contributed by atoms with Gasteiger partial charge in [0.1, 0.15) is 17.6 Å². The van der Waals surface area contributed by atoms with Crippen molar-refractivity contribution in [2.75, 3.05) is 26.0 Å². The topological polar surface area (TPSA) is 92.6 Å². The van der Waals surface area contributed by atoms with Crippen LogP contribution in [0.2, 0.25) is 0 Å². The van der Waals surface area contributed by atoms with Crippen LogP contribution >= 0.6 is 0 Å². The van der Waals surface area contributed by atoms with Crippen molar-refractivity contribution >= 4 is 17.1 Å². The van der Waals surface area contributed by atoms with Crippen molar-refractivity contribution < 1.29 is 40.8 Å². The second-order valence-corrected chi connectivity index (χ2v) is 13.0. The Kier molecular flexibility index (Phi) is 11.2. The van der Waals surface area contributed by atoms with E-state index in [2.05, 4.69) is 5.32 Å². The molecule has 13 heteroatoms. The second-order valence-electron chi connectivity index (χ2n) is 11.6. The molecule has 0 spiro atoms. The van der Waals surface area contributed by atoms with E-state index in [0.29, 0.717) is 18.5 Å². The molecule has 2 heterocycles. The quantitative estimate of drug-likeness (QED) is 0.0736. The summed E-state index contributed by atoms with van der Waals surface area (Å²) in [6.07, 6.45) is -5.06. The Morgan fingerprint density at radius 1 is 1.06 bits per heavy atom. The zero-order chi connectivity index (χ0) is 35.5. The van der Waals surface area contributed by atoms with Crippen molar-refractivity contribution in [2.45, 2.75) is 56.4 Å². The number of alkyl halides is 3. The molecule has 0 amide bonds. The van der Waals surface area contributed by atoms with Crippen molar-refractivity contribution in [3.63, 3.8) is 0 Å². The molecule has 0 bridgehead atoms. The van der Waals surface area contributed by atoms with E-state index in [1.165, 1.54) is 36.8 Å². The fraction of sp³-hybridized carbons (Fsp3) is 0.333. The molecule has 0 aliphatic carbocycles. The summed E-state index contributed by atoms with van der Waals surface area (Å²) in [5, 5.41) is 3.32. The minimum Gasteiger partial charge on any atom is -0.610 e. The number of carbonyl (C=O) groups excluding carboxylic acids is 1. The van der Waals surface area contributed by atoms with Crippen LogP contribution in [0.4, 0.5) is 22.0 Å². The minimum absolute atomic E-state index is 0.0300. The van der Waals surface area contributed by atoms with E-state index in [-0.39, 0.29) is 57.8 Å². The Balaban J connectivity index is 1.73. The number of carbonyl (C=O) groups is 1. The lowest BCUT2D eigenvalue weighted by molar-refractivity contribution is -0.143. The first-order chi connectivity index (χ1) is 23.4. The summed E-state index contributed by atoms with van der Waals surface area (Å²) in [7, 11) is 1.25. The molecule has 0 saturated carbocycles. The Bertz CT molecular complexity index is 1880. The molecular formula is C36H35F5N2O5S. The first kappa shape index (κ1) is 36.1. The molecule has 3 unspecified atom stereocenters. The Labute approximate surface area is 283 Å². The van der Waals surface area contributed by atoms with Crippen LogP contribution in [0, 0.1) is 18.6 Å². The van der Waals surface area contributed by atoms with Crippen molar-refractivity contribution in [1.29, 1.82) is 0 Å². The highest BCUT2D eigenvalue weighted by Gasteiger charge is 2.44. The molecular weight excluding hydrogens is 667 g/mol. The average molecular weight is 703 g/mol. The molecule has 1 N–H and O–H groups in total. The second kappa shape index (κ2) is 15.1. The van der Waals surface area contributed by atoms with Gasteiger partial charge in [-0.25, -0.2) is 8.78 Å². The third-order valence-corrected chi connectivity index (χ3v) is 10.1. The van der Waals surface area contributed by atoms with Crippen LogP contribution in [0.5, 0.6) is 5.75 Å². The SMILES string of the molecule is CCOC(=O)CCCNC(c1ccccc1)C1C[S+]([O-])c2c(Cc3c(F)cccc3C(F)(F)F)c(C)c(-c3cccc(OC)c3F)c(=O)n21. The van der Waals surface area contributed by atoms with E-state index in [1.807, 2.05) is 12.1 Å². The molecule has 49 heavy (non-hydrogen) atoms. The summed E-state index contributed by atoms with van der Waals surface area (Å²) >= 11 is -1.93. The number of nitrogens with one attached hydrogen (secondary N) is 1. The summed E-state index contributed by atoms with van der Waals surface area (Å²) in [6, 6.07) is 14.3. The number of halogens is 5. The van der Waals surface area contributed by atoms with Gasteiger partial charge in [0.2, 0.25) is 5.03 Å². The number of benzene rings is 3. The molecule has 1 aliphatic heterocycles. The standard InChI is InChI=1S/C36H35F5N2O5S/c1-4-48-30(44)17-10-18-42-33(22-11-6-5-7-12-22)28-20-49(46)35-24(19-25-26(36(39,40)41)14-9-15-27(25)37)21(2)31(34(45)43(28)35)23-13-8-16-29(47-3)32(23)38/h5-9,11-16,28,33,42H,4,10,17-20H2,1-3H3. The Morgan fingerprint density at radius 2 is 1.78 bits per heavy atom. The van der Waals surface area contributed by atoms with Crippen LogP contribution in [0.3, 0.4) is 0 Å². The first-order valence-electron chi connectivity index (χ1n) is 15.7. The minimum atomic E-state index is -4.91. The predicted octanol–water partition coefficient (Wildman–Crippen LogP) is 7.06. The molecule has 0 radical (unpaired) electrons. The molecule has 3 aromatic carbocycles. The number of rotatable bonds is 12. The number of fused-ring (bicyclic) bond motifs is 1. The van der Waals surface area contributed by atoms with Crippen molar-refractivity contribution in [3.05, 3.63) is 117 Å². The van der Waals surface area contributed by atoms with E-state index in [1.54, 1.807) is 25.1 Å². The lowest BCUT2D eigenvalue weighted by Crippen LogP contribution is -2.36.